The van der Waals surface area contributed by atoms with Crippen molar-refractivity contribution < 1.29 is 24.8 Å². The number of hydrogen-bond donors (Lipinski definition) is 4. The Morgan fingerprint density at radius 1 is 0.970 bits per heavy atom. The van der Waals surface area contributed by atoms with Crippen molar-refractivity contribution in [2.24, 2.45) is 5.10 Å². The van der Waals surface area contributed by atoms with Crippen molar-refractivity contribution in [3.05, 3.63) is 71.8 Å². The zero-order chi connectivity index (χ0) is 23.5. The highest BCUT2D eigenvalue weighted by Gasteiger charge is 2.33. The molecule has 1 aliphatic rings. The summed E-state index contributed by atoms with van der Waals surface area (Å²) in [5.41, 5.74) is 2.68. The van der Waals surface area contributed by atoms with E-state index in [1.165, 1.54) is 19.2 Å². The molecule has 4 N–H and O–H groups in total. The number of rotatable bonds is 5. The summed E-state index contributed by atoms with van der Waals surface area (Å²) in [5, 5.41) is 39.9. The number of aromatic hydroxyl groups is 3. The minimum Gasteiger partial charge on any atom is -0.508 e. The average molecular weight is 466 g/mol. The molecular formula is C24H23N3O5S. The van der Waals surface area contributed by atoms with Crippen LogP contribution in [0, 0.1) is 0 Å². The number of nitrogens with one attached hydrogen (secondary N) is 1. The fourth-order valence-electron chi connectivity index (χ4n) is 3.64. The molecule has 4 rings (SSSR count). The van der Waals surface area contributed by atoms with Crippen molar-refractivity contribution in [1.82, 2.24) is 5.01 Å². The Morgan fingerprint density at radius 3 is 2.39 bits per heavy atom. The minimum absolute atomic E-state index is 0.0297. The lowest BCUT2D eigenvalue weighted by atomic mass is 9.97. The lowest BCUT2D eigenvalue weighted by Crippen LogP contribution is -2.31. The van der Waals surface area contributed by atoms with Crippen molar-refractivity contribution in [2.75, 3.05) is 19.5 Å². The number of nitrogens with zero attached hydrogens (tertiary/aromatic N) is 2. The van der Waals surface area contributed by atoms with E-state index in [0.717, 1.165) is 17.0 Å². The molecule has 1 atom stereocenters. The van der Waals surface area contributed by atoms with Gasteiger partial charge in [0, 0.05) is 23.7 Å². The average Bonchev–Trinajstić information content (AvgIpc) is 3.25. The quantitative estimate of drug-likeness (QED) is 0.412. The van der Waals surface area contributed by atoms with Crippen LogP contribution in [0.3, 0.4) is 0 Å². The first-order valence-corrected chi connectivity index (χ1v) is 10.5. The van der Waals surface area contributed by atoms with Crippen molar-refractivity contribution >= 4 is 28.7 Å². The molecule has 170 valence electrons. The molecule has 3 aromatic carbocycles. The number of thiocarbonyl (C=S) groups is 1. The molecule has 0 saturated heterocycles. The summed E-state index contributed by atoms with van der Waals surface area (Å²) in [5.74, 6) is 0.976. The highest BCUT2D eigenvalue weighted by atomic mass is 32.1. The zero-order valence-electron chi connectivity index (χ0n) is 18.0. The van der Waals surface area contributed by atoms with E-state index in [1.54, 1.807) is 36.4 Å². The van der Waals surface area contributed by atoms with E-state index in [9.17, 15) is 15.3 Å². The van der Waals surface area contributed by atoms with Gasteiger partial charge in [-0.1, -0.05) is 6.07 Å². The highest BCUT2D eigenvalue weighted by molar-refractivity contribution is 7.80. The molecule has 0 spiro atoms. The Bertz CT molecular complexity index is 1210. The molecule has 0 saturated carbocycles. The van der Waals surface area contributed by atoms with Crippen LogP contribution in [0.15, 0.2) is 65.8 Å². The maximum absolute atomic E-state index is 10.4. The van der Waals surface area contributed by atoms with Crippen LogP contribution in [-0.2, 0) is 0 Å². The Hall–Kier alpha value is -3.98. The fourth-order valence-corrected chi connectivity index (χ4v) is 3.93. The van der Waals surface area contributed by atoms with Gasteiger partial charge in [-0.2, -0.15) is 5.10 Å². The predicted octanol–water partition coefficient (Wildman–Crippen LogP) is 4.37. The normalized spacial score (nSPS) is 15.2. The molecule has 0 aliphatic carbocycles. The summed E-state index contributed by atoms with van der Waals surface area (Å²) in [4.78, 5) is 0. The fraction of sp³-hybridized carbons (Fsp3) is 0.167. The zero-order valence-corrected chi connectivity index (χ0v) is 18.8. The molecule has 0 unspecified atom stereocenters. The van der Waals surface area contributed by atoms with Gasteiger partial charge in [-0.15, -0.1) is 0 Å². The molecular weight excluding hydrogens is 442 g/mol. The Morgan fingerprint density at radius 2 is 1.73 bits per heavy atom. The third kappa shape index (κ3) is 4.63. The molecule has 33 heavy (non-hydrogen) atoms. The van der Waals surface area contributed by atoms with Crippen LogP contribution < -0.4 is 14.8 Å². The van der Waals surface area contributed by atoms with Gasteiger partial charge in [0.15, 0.2) is 16.6 Å². The Labute approximate surface area is 196 Å². The van der Waals surface area contributed by atoms with Crippen LogP contribution in [0.25, 0.3) is 0 Å². The van der Waals surface area contributed by atoms with E-state index in [0.29, 0.717) is 28.6 Å². The number of methoxy groups -OCH3 is 2. The van der Waals surface area contributed by atoms with Crippen LogP contribution in [0.5, 0.6) is 28.7 Å². The van der Waals surface area contributed by atoms with E-state index in [-0.39, 0.29) is 23.3 Å². The molecule has 1 aliphatic heterocycles. The van der Waals surface area contributed by atoms with Crippen LogP contribution in [0.1, 0.15) is 23.6 Å². The van der Waals surface area contributed by atoms with Gasteiger partial charge in [-0.25, -0.2) is 5.01 Å². The Balaban J connectivity index is 1.69. The second-order valence-corrected chi connectivity index (χ2v) is 7.79. The van der Waals surface area contributed by atoms with Crippen molar-refractivity contribution in [2.45, 2.75) is 12.5 Å². The molecule has 9 heteroatoms. The van der Waals surface area contributed by atoms with Gasteiger partial charge in [0.05, 0.1) is 26.0 Å². The third-order valence-corrected chi connectivity index (χ3v) is 5.63. The SMILES string of the molecule is COc1ccc(NC(=S)N2N=C(c3ccc(O)cc3O)C[C@H]2c2ccc(O)c(OC)c2)cc1. The standard InChI is InChI=1S/C24H23N3O5S/c1-31-17-7-4-15(5-8-17)25-24(33)27-20(14-3-10-21(29)23(11-14)32-2)13-19(26-27)18-9-6-16(28)12-22(18)30/h3-12,20,28-30H,13H2,1-2H3,(H,25,33)/t20-/m0/s1. The highest BCUT2D eigenvalue weighted by Crippen LogP contribution is 2.39. The summed E-state index contributed by atoms with van der Waals surface area (Å²) in [7, 11) is 3.08. The van der Waals surface area contributed by atoms with Crippen molar-refractivity contribution in [3.8, 4) is 28.7 Å². The van der Waals surface area contributed by atoms with E-state index >= 15 is 0 Å². The van der Waals surface area contributed by atoms with Gasteiger partial charge < -0.3 is 30.1 Å². The van der Waals surface area contributed by atoms with Gasteiger partial charge >= 0.3 is 0 Å². The number of anilines is 1. The number of benzene rings is 3. The smallest absolute Gasteiger partial charge is 0.194 e. The number of ether oxygens (including phenoxy) is 2. The summed E-state index contributed by atoms with van der Waals surface area (Å²) >= 11 is 5.67. The van der Waals surface area contributed by atoms with Gasteiger partial charge in [0.1, 0.15) is 17.2 Å². The first-order valence-electron chi connectivity index (χ1n) is 10.1. The van der Waals surface area contributed by atoms with E-state index in [2.05, 4.69) is 5.32 Å². The van der Waals surface area contributed by atoms with E-state index in [1.807, 2.05) is 24.3 Å². The van der Waals surface area contributed by atoms with Crippen LogP contribution in [-0.4, -0.2) is 45.4 Å². The Kier molecular flexibility index (Phi) is 6.23. The number of hydrogen-bond acceptors (Lipinski definition) is 7. The van der Waals surface area contributed by atoms with Gasteiger partial charge in [-0.3, -0.25) is 0 Å². The number of phenolic OH excluding ortho intramolecular Hbond substituents is 3. The maximum atomic E-state index is 10.4. The second-order valence-electron chi connectivity index (χ2n) is 7.40. The first-order chi connectivity index (χ1) is 15.9. The lowest BCUT2D eigenvalue weighted by Gasteiger charge is -2.25. The van der Waals surface area contributed by atoms with Gasteiger partial charge in [0.2, 0.25) is 0 Å². The summed E-state index contributed by atoms with van der Waals surface area (Å²) in [6.45, 7) is 0. The molecule has 3 aromatic rings. The second kappa shape index (κ2) is 9.25. The molecule has 0 fully saturated rings. The molecule has 0 aromatic heterocycles. The third-order valence-electron chi connectivity index (χ3n) is 5.34. The number of phenols is 3. The predicted molar refractivity (Wildman–Crippen MR) is 129 cm³/mol. The summed E-state index contributed by atoms with van der Waals surface area (Å²) < 4.78 is 10.5. The minimum atomic E-state index is -0.319. The van der Waals surface area contributed by atoms with Crippen LogP contribution in [0.4, 0.5) is 5.69 Å². The summed E-state index contributed by atoms with van der Waals surface area (Å²) in [6.07, 6.45) is 0.427. The molecule has 1 heterocycles. The first kappa shape index (κ1) is 22.2. The van der Waals surface area contributed by atoms with Gasteiger partial charge in [0.25, 0.3) is 0 Å². The lowest BCUT2D eigenvalue weighted by molar-refractivity contribution is 0.360. The molecule has 0 radical (unpaired) electrons. The van der Waals surface area contributed by atoms with Crippen LogP contribution in [0.2, 0.25) is 0 Å². The van der Waals surface area contributed by atoms with E-state index in [4.69, 9.17) is 26.8 Å². The van der Waals surface area contributed by atoms with Crippen molar-refractivity contribution in [3.63, 3.8) is 0 Å². The maximum Gasteiger partial charge on any atom is 0.194 e. The summed E-state index contributed by atoms with van der Waals surface area (Å²) in [6, 6.07) is 16.5. The topological polar surface area (TPSA) is 107 Å². The largest absolute Gasteiger partial charge is 0.508 e. The monoisotopic (exact) mass is 465 g/mol. The number of hydrazone groups is 1. The van der Waals surface area contributed by atoms with Gasteiger partial charge in [-0.05, 0) is 66.3 Å². The van der Waals surface area contributed by atoms with Crippen LogP contribution >= 0.6 is 12.2 Å². The van der Waals surface area contributed by atoms with E-state index < -0.39 is 0 Å². The molecule has 0 amide bonds. The molecule has 8 nitrogen and oxygen atoms in total. The van der Waals surface area contributed by atoms with Crippen molar-refractivity contribution in [1.29, 1.82) is 0 Å². The molecule has 0 bridgehead atoms.